The summed E-state index contributed by atoms with van der Waals surface area (Å²) in [5, 5.41) is 9.51. The van der Waals surface area contributed by atoms with Crippen LogP contribution in [0.25, 0.3) is 0 Å². The molecule has 1 amide bonds. The zero-order chi connectivity index (χ0) is 13.8. The Morgan fingerprint density at radius 1 is 1.32 bits per heavy atom. The van der Waals surface area contributed by atoms with Crippen LogP contribution in [0.5, 0.6) is 0 Å². The van der Waals surface area contributed by atoms with Crippen LogP contribution in [-0.4, -0.2) is 23.1 Å². The Balaban J connectivity index is 2.07. The third-order valence-corrected chi connectivity index (χ3v) is 2.65. The summed E-state index contributed by atoms with van der Waals surface area (Å²) in [4.78, 5) is 16.2. The van der Waals surface area contributed by atoms with E-state index in [2.05, 4.69) is 20.8 Å². The number of pyridine rings is 1. The first-order valence-electron chi connectivity index (χ1n) is 5.95. The number of aromatic nitrogens is 2. The maximum absolute atomic E-state index is 12.1. The minimum absolute atomic E-state index is 0.203. The summed E-state index contributed by atoms with van der Waals surface area (Å²) in [6.45, 7) is 4.01. The van der Waals surface area contributed by atoms with Crippen LogP contribution in [0.15, 0.2) is 22.9 Å². The van der Waals surface area contributed by atoms with Gasteiger partial charge >= 0.3 is 0 Å². The quantitative estimate of drug-likeness (QED) is 0.873. The lowest BCUT2D eigenvalue weighted by molar-refractivity contribution is 0.0947. The van der Waals surface area contributed by atoms with Gasteiger partial charge in [-0.1, -0.05) is 5.16 Å². The third kappa shape index (κ3) is 3.09. The molecule has 0 saturated carbocycles. The van der Waals surface area contributed by atoms with E-state index in [0.29, 0.717) is 17.9 Å². The predicted molar refractivity (Wildman–Crippen MR) is 70.9 cm³/mol. The summed E-state index contributed by atoms with van der Waals surface area (Å²) in [5.41, 5.74) is 2.90. The van der Waals surface area contributed by atoms with Crippen molar-refractivity contribution in [2.45, 2.75) is 20.4 Å². The second kappa shape index (κ2) is 5.51. The zero-order valence-electron chi connectivity index (χ0n) is 11.2. The highest BCUT2D eigenvalue weighted by molar-refractivity contribution is 5.99. The van der Waals surface area contributed by atoms with Gasteiger partial charge in [-0.3, -0.25) is 9.78 Å². The Labute approximate surface area is 111 Å². The Bertz CT molecular complexity index is 592. The van der Waals surface area contributed by atoms with Crippen LogP contribution in [0.4, 0.5) is 5.69 Å². The molecule has 6 nitrogen and oxygen atoms in total. The summed E-state index contributed by atoms with van der Waals surface area (Å²) < 4.78 is 5.03. The number of aryl methyl sites for hydroxylation is 2. The van der Waals surface area contributed by atoms with Crippen molar-refractivity contribution >= 4 is 11.6 Å². The molecule has 0 spiro atoms. The monoisotopic (exact) mass is 260 g/mol. The van der Waals surface area contributed by atoms with Crippen LogP contribution in [0, 0.1) is 13.8 Å². The summed E-state index contributed by atoms with van der Waals surface area (Å²) in [5.74, 6) is 0.419. The van der Waals surface area contributed by atoms with Crippen molar-refractivity contribution in [2.75, 3.05) is 12.4 Å². The average Bonchev–Trinajstić information content (AvgIpc) is 2.81. The van der Waals surface area contributed by atoms with Gasteiger partial charge in [-0.2, -0.15) is 0 Å². The van der Waals surface area contributed by atoms with E-state index in [1.54, 1.807) is 19.3 Å². The number of hydrogen-bond acceptors (Lipinski definition) is 5. The molecule has 6 heteroatoms. The first kappa shape index (κ1) is 13.1. The second-order valence-electron chi connectivity index (χ2n) is 4.24. The Morgan fingerprint density at radius 2 is 2.11 bits per heavy atom. The van der Waals surface area contributed by atoms with Crippen LogP contribution in [0.2, 0.25) is 0 Å². The highest BCUT2D eigenvalue weighted by atomic mass is 16.5. The molecule has 0 radical (unpaired) electrons. The van der Waals surface area contributed by atoms with Gasteiger partial charge in [0, 0.05) is 25.0 Å². The van der Waals surface area contributed by atoms with Crippen molar-refractivity contribution in [3.05, 3.63) is 41.0 Å². The summed E-state index contributed by atoms with van der Waals surface area (Å²) in [7, 11) is 1.77. The van der Waals surface area contributed by atoms with Gasteiger partial charge in [-0.15, -0.1) is 0 Å². The van der Waals surface area contributed by atoms with E-state index in [0.717, 1.165) is 17.1 Å². The van der Waals surface area contributed by atoms with E-state index in [9.17, 15) is 4.79 Å². The zero-order valence-corrected chi connectivity index (χ0v) is 11.2. The number of anilines is 1. The Hall–Kier alpha value is -2.37. The molecule has 0 aliphatic carbocycles. The minimum Gasteiger partial charge on any atom is -0.387 e. The van der Waals surface area contributed by atoms with Crippen molar-refractivity contribution in [1.82, 2.24) is 15.5 Å². The molecule has 19 heavy (non-hydrogen) atoms. The largest absolute Gasteiger partial charge is 0.387 e. The highest BCUT2D eigenvalue weighted by Crippen LogP contribution is 2.15. The molecular weight excluding hydrogens is 244 g/mol. The summed E-state index contributed by atoms with van der Waals surface area (Å²) in [6, 6.07) is 3.61. The lowest BCUT2D eigenvalue weighted by Crippen LogP contribution is -2.23. The first-order valence-corrected chi connectivity index (χ1v) is 5.95. The van der Waals surface area contributed by atoms with Crippen molar-refractivity contribution < 1.29 is 9.32 Å². The first-order chi connectivity index (χ1) is 9.10. The number of hydrogen-bond donors (Lipinski definition) is 2. The van der Waals surface area contributed by atoms with Gasteiger partial charge in [0.1, 0.15) is 0 Å². The molecule has 0 fully saturated rings. The van der Waals surface area contributed by atoms with Crippen LogP contribution in [-0.2, 0) is 6.54 Å². The van der Waals surface area contributed by atoms with Gasteiger partial charge in [0.15, 0.2) is 5.76 Å². The van der Waals surface area contributed by atoms with Gasteiger partial charge in [0.05, 0.1) is 23.5 Å². The molecule has 0 aliphatic heterocycles. The molecule has 100 valence electrons. The van der Waals surface area contributed by atoms with E-state index < -0.39 is 0 Å². The fourth-order valence-corrected chi connectivity index (χ4v) is 1.71. The maximum atomic E-state index is 12.1. The molecule has 0 saturated heterocycles. The number of carbonyl (C=O) groups excluding carboxylic acids is 1. The fraction of sp³-hybridized carbons (Fsp3) is 0.308. The number of rotatable bonds is 4. The second-order valence-corrected chi connectivity index (χ2v) is 4.24. The van der Waals surface area contributed by atoms with Crippen molar-refractivity contribution in [2.24, 2.45) is 0 Å². The lowest BCUT2D eigenvalue weighted by atomic mass is 10.2. The van der Waals surface area contributed by atoms with Gasteiger partial charge in [-0.25, -0.2) is 0 Å². The Kier molecular flexibility index (Phi) is 3.79. The average molecular weight is 260 g/mol. The molecule has 2 N–H and O–H groups in total. The van der Waals surface area contributed by atoms with Gasteiger partial charge < -0.3 is 15.2 Å². The summed E-state index contributed by atoms with van der Waals surface area (Å²) >= 11 is 0. The number of amides is 1. The number of nitrogens with one attached hydrogen (secondary N) is 2. The molecule has 0 aliphatic rings. The highest BCUT2D eigenvalue weighted by Gasteiger charge is 2.12. The third-order valence-electron chi connectivity index (χ3n) is 2.65. The van der Waals surface area contributed by atoms with Gasteiger partial charge in [0.2, 0.25) is 0 Å². The van der Waals surface area contributed by atoms with E-state index in [1.165, 1.54) is 0 Å². The smallest absolute Gasteiger partial charge is 0.255 e. The van der Waals surface area contributed by atoms with E-state index in [1.807, 2.05) is 19.9 Å². The van der Waals surface area contributed by atoms with E-state index in [4.69, 9.17) is 4.52 Å². The van der Waals surface area contributed by atoms with Crippen molar-refractivity contribution in [1.29, 1.82) is 0 Å². The SMILES string of the molecule is CNc1cc(C)ncc1C(=O)NCc1cc(C)no1. The van der Waals surface area contributed by atoms with E-state index in [-0.39, 0.29) is 5.91 Å². The van der Waals surface area contributed by atoms with Gasteiger partial charge in [0.25, 0.3) is 5.91 Å². The van der Waals surface area contributed by atoms with Crippen LogP contribution in [0.3, 0.4) is 0 Å². The molecule has 2 aromatic rings. The lowest BCUT2D eigenvalue weighted by Gasteiger charge is -2.09. The predicted octanol–water partition coefficient (Wildman–Crippen LogP) is 1.66. The minimum atomic E-state index is -0.203. The van der Waals surface area contributed by atoms with Crippen LogP contribution in [0.1, 0.15) is 27.5 Å². The topological polar surface area (TPSA) is 80.0 Å². The Morgan fingerprint density at radius 3 is 2.74 bits per heavy atom. The van der Waals surface area contributed by atoms with Gasteiger partial charge in [-0.05, 0) is 19.9 Å². The molecule has 0 unspecified atom stereocenters. The van der Waals surface area contributed by atoms with E-state index >= 15 is 0 Å². The molecule has 2 heterocycles. The maximum Gasteiger partial charge on any atom is 0.255 e. The van der Waals surface area contributed by atoms with Crippen LogP contribution >= 0.6 is 0 Å². The summed E-state index contributed by atoms with van der Waals surface area (Å²) in [6.07, 6.45) is 1.56. The molecular formula is C13H16N4O2. The molecule has 0 atom stereocenters. The number of nitrogens with zero attached hydrogens (tertiary/aromatic N) is 2. The standard InChI is InChI=1S/C13H16N4O2/c1-8-5-12(14-3)11(7-15-8)13(18)16-6-10-4-9(2)17-19-10/h4-5,7H,6H2,1-3H3,(H,14,15)(H,16,18). The van der Waals surface area contributed by atoms with Crippen molar-refractivity contribution in [3.8, 4) is 0 Å². The fourth-order valence-electron chi connectivity index (χ4n) is 1.71. The molecule has 0 bridgehead atoms. The van der Waals surface area contributed by atoms with Crippen molar-refractivity contribution in [3.63, 3.8) is 0 Å². The molecule has 2 rings (SSSR count). The normalized spacial score (nSPS) is 10.3. The molecule has 2 aromatic heterocycles. The van der Waals surface area contributed by atoms with Crippen LogP contribution < -0.4 is 10.6 Å². The molecule has 0 aromatic carbocycles. The number of carbonyl (C=O) groups is 1.